The summed E-state index contributed by atoms with van der Waals surface area (Å²) in [5, 5.41) is 2.68. The molecule has 0 atom stereocenters. The van der Waals surface area contributed by atoms with Gasteiger partial charge in [-0.15, -0.1) is 0 Å². The molecule has 0 heterocycles. The second kappa shape index (κ2) is 9.61. The lowest BCUT2D eigenvalue weighted by atomic mass is 10.1. The lowest BCUT2D eigenvalue weighted by molar-refractivity contribution is -0.116. The van der Waals surface area contributed by atoms with E-state index in [0.29, 0.717) is 28.3 Å². The van der Waals surface area contributed by atoms with Crippen molar-refractivity contribution in [2.45, 2.75) is 24.7 Å². The smallest absolute Gasteiger partial charge is 0.262 e. The predicted octanol–water partition coefficient (Wildman–Crippen LogP) is 4.51. The summed E-state index contributed by atoms with van der Waals surface area (Å²) < 4.78 is 47.0. The molecule has 0 aromatic heterocycles. The fourth-order valence-corrected chi connectivity index (χ4v) is 4.34. The van der Waals surface area contributed by atoms with Gasteiger partial charge in [-0.05, 0) is 66.9 Å². The molecule has 0 bridgehead atoms. The maximum atomic E-state index is 13.7. The van der Waals surface area contributed by atoms with Gasteiger partial charge in [-0.2, -0.15) is 0 Å². The Morgan fingerprint density at radius 2 is 1.68 bits per heavy atom. The number of aryl methyl sites for hydroxylation is 2. The minimum absolute atomic E-state index is 0.0511. The zero-order chi connectivity index (χ0) is 22.4. The lowest BCUT2D eigenvalue weighted by Crippen LogP contribution is -2.16. The third-order valence-corrected chi connectivity index (χ3v) is 6.21. The average molecular weight is 443 g/mol. The second-order valence-electron chi connectivity index (χ2n) is 6.95. The first kappa shape index (κ1) is 22.3. The van der Waals surface area contributed by atoms with Crippen molar-refractivity contribution in [1.82, 2.24) is 0 Å². The van der Waals surface area contributed by atoms with E-state index in [1.165, 1.54) is 19.2 Å². The highest BCUT2D eigenvalue weighted by Gasteiger charge is 2.18. The molecule has 8 heteroatoms. The van der Waals surface area contributed by atoms with Gasteiger partial charge < -0.3 is 10.1 Å². The van der Waals surface area contributed by atoms with E-state index in [1.807, 2.05) is 0 Å². The maximum absolute atomic E-state index is 13.7. The van der Waals surface area contributed by atoms with Crippen molar-refractivity contribution in [1.29, 1.82) is 0 Å². The number of rotatable bonds is 8. The van der Waals surface area contributed by atoms with E-state index in [0.717, 1.165) is 0 Å². The fraction of sp³-hybridized carbons (Fsp3) is 0.174. The Morgan fingerprint density at radius 1 is 1.00 bits per heavy atom. The van der Waals surface area contributed by atoms with Crippen molar-refractivity contribution in [2.75, 3.05) is 17.1 Å². The van der Waals surface area contributed by atoms with E-state index in [-0.39, 0.29) is 29.5 Å². The van der Waals surface area contributed by atoms with Crippen molar-refractivity contribution >= 4 is 27.3 Å². The van der Waals surface area contributed by atoms with E-state index in [2.05, 4.69) is 10.0 Å². The first-order valence-corrected chi connectivity index (χ1v) is 11.1. The van der Waals surface area contributed by atoms with Crippen LogP contribution in [0.15, 0.2) is 71.6 Å². The van der Waals surface area contributed by atoms with Crippen molar-refractivity contribution in [3.8, 4) is 5.75 Å². The molecule has 0 saturated heterocycles. The van der Waals surface area contributed by atoms with E-state index < -0.39 is 10.0 Å². The molecule has 31 heavy (non-hydrogen) atoms. The number of hydrogen-bond donors (Lipinski definition) is 2. The normalized spacial score (nSPS) is 11.1. The Balaban J connectivity index is 1.71. The quantitative estimate of drug-likeness (QED) is 0.537. The zero-order valence-corrected chi connectivity index (χ0v) is 18.0. The van der Waals surface area contributed by atoms with Crippen molar-refractivity contribution in [3.05, 3.63) is 83.7 Å². The topological polar surface area (TPSA) is 84.5 Å². The summed E-state index contributed by atoms with van der Waals surface area (Å²) in [6.45, 7) is 1.67. The number of hydrogen-bond acceptors (Lipinski definition) is 4. The van der Waals surface area contributed by atoms with Crippen molar-refractivity contribution in [3.63, 3.8) is 0 Å². The number of carbonyl (C=O) groups excluding carboxylic acids is 1. The van der Waals surface area contributed by atoms with Gasteiger partial charge >= 0.3 is 0 Å². The molecule has 1 amide bonds. The average Bonchev–Trinajstić information content (AvgIpc) is 2.74. The molecule has 0 radical (unpaired) electrons. The van der Waals surface area contributed by atoms with Gasteiger partial charge in [0.2, 0.25) is 5.91 Å². The zero-order valence-electron chi connectivity index (χ0n) is 17.2. The van der Waals surface area contributed by atoms with Crippen LogP contribution in [0.4, 0.5) is 15.8 Å². The molecule has 0 saturated carbocycles. The second-order valence-corrected chi connectivity index (χ2v) is 8.60. The molecule has 6 nitrogen and oxygen atoms in total. The standard InChI is InChI=1S/C23H23FN2O4S/c1-16-7-9-19(25-23(27)14-8-17-5-3-4-6-21(17)24)15-22(16)31(28,29)26-18-10-12-20(30-2)13-11-18/h3-7,9-13,15,26H,8,14H2,1-2H3,(H,25,27). The Bertz CT molecular complexity index is 1180. The molecule has 3 aromatic carbocycles. The van der Waals surface area contributed by atoms with E-state index >= 15 is 0 Å². The number of amides is 1. The Labute approximate surface area is 181 Å². The molecular weight excluding hydrogens is 419 g/mol. The van der Waals surface area contributed by atoms with Gasteiger partial charge in [-0.25, -0.2) is 12.8 Å². The van der Waals surface area contributed by atoms with Gasteiger partial charge in [-0.1, -0.05) is 24.3 Å². The fourth-order valence-electron chi connectivity index (χ4n) is 3.01. The molecule has 0 aliphatic rings. The number of nitrogens with one attached hydrogen (secondary N) is 2. The number of methoxy groups -OCH3 is 1. The Morgan fingerprint density at radius 3 is 2.35 bits per heavy atom. The molecule has 0 fully saturated rings. The van der Waals surface area contributed by atoms with Crippen LogP contribution >= 0.6 is 0 Å². The van der Waals surface area contributed by atoms with Gasteiger partial charge in [0.25, 0.3) is 10.0 Å². The summed E-state index contributed by atoms with van der Waals surface area (Å²) in [5.74, 6) is -0.0820. The molecule has 0 spiro atoms. The van der Waals surface area contributed by atoms with Crippen molar-refractivity contribution in [2.24, 2.45) is 0 Å². The Hall–Kier alpha value is -3.39. The lowest BCUT2D eigenvalue weighted by Gasteiger charge is -2.13. The first-order valence-electron chi connectivity index (χ1n) is 9.59. The summed E-state index contributed by atoms with van der Waals surface area (Å²) in [4.78, 5) is 12.3. The van der Waals surface area contributed by atoms with Crippen LogP contribution in [-0.2, 0) is 21.2 Å². The molecule has 3 aromatic rings. The van der Waals surface area contributed by atoms with Crippen LogP contribution in [0.3, 0.4) is 0 Å². The molecular formula is C23H23FN2O4S. The first-order chi connectivity index (χ1) is 14.8. The van der Waals surface area contributed by atoms with Crippen LogP contribution in [0.2, 0.25) is 0 Å². The highest BCUT2D eigenvalue weighted by atomic mass is 32.2. The number of halogens is 1. The summed E-state index contributed by atoms with van der Waals surface area (Å²) in [6.07, 6.45) is 0.315. The summed E-state index contributed by atoms with van der Waals surface area (Å²) in [7, 11) is -2.35. The summed E-state index contributed by atoms with van der Waals surface area (Å²) >= 11 is 0. The number of benzene rings is 3. The van der Waals surface area contributed by atoms with Gasteiger partial charge in [-0.3, -0.25) is 9.52 Å². The van der Waals surface area contributed by atoms with Crippen molar-refractivity contribution < 1.29 is 22.3 Å². The minimum atomic E-state index is -3.87. The summed E-state index contributed by atoms with van der Waals surface area (Å²) in [6, 6.07) is 17.4. The number of ether oxygens (including phenoxy) is 1. The third kappa shape index (κ3) is 5.82. The van der Waals surface area contributed by atoms with Crippen LogP contribution in [0.5, 0.6) is 5.75 Å². The van der Waals surface area contributed by atoms with Gasteiger partial charge in [0.15, 0.2) is 0 Å². The number of sulfonamides is 1. The highest BCUT2D eigenvalue weighted by Crippen LogP contribution is 2.24. The SMILES string of the molecule is COc1ccc(NS(=O)(=O)c2cc(NC(=O)CCc3ccccc3F)ccc2C)cc1. The third-order valence-electron chi connectivity index (χ3n) is 4.68. The minimum Gasteiger partial charge on any atom is -0.497 e. The number of anilines is 2. The molecule has 3 rings (SSSR count). The Kier molecular flexibility index (Phi) is 6.91. The predicted molar refractivity (Wildman–Crippen MR) is 118 cm³/mol. The van der Waals surface area contributed by atoms with Gasteiger partial charge in [0.05, 0.1) is 12.0 Å². The van der Waals surface area contributed by atoms with Crippen LogP contribution in [0, 0.1) is 12.7 Å². The summed E-state index contributed by atoms with van der Waals surface area (Å²) in [5.41, 5.74) is 1.72. The highest BCUT2D eigenvalue weighted by molar-refractivity contribution is 7.92. The van der Waals surface area contributed by atoms with Crippen LogP contribution in [-0.4, -0.2) is 21.4 Å². The van der Waals surface area contributed by atoms with Crippen LogP contribution in [0.25, 0.3) is 0 Å². The van der Waals surface area contributed by atoms with Crippen LogP contribution < -0.4 is 14.8 Å². The molecule has 0 unspecified atom stereocenters. The maximum Gasteiger partial charge on any atom is 0.262 e. The van der Waals surface area contributed by atoms with E-state index in [1.54, 1.807) is 61.5 Å². The molecule has 162 valence electrons. The number of carbonyl (C=O) groups is 1. The molecule has 0 aliphatic carbocycles. The largest absolute Gasteiger partial charge is 0.497 e. The molecule has 0 aliphatic heterocycles. The van der Waals surface area contributed by atoms with E-state index in [4.69, 9.17) is 4.74 Å². The van der Waals surface area contributed by atoms with Gasteiger partial charge in [0, 0.05) is 17.8 Å². The van der Waals surface area contributed by atoms with Crippen LogP contribution in [0.1, 0.15) is 17.5 Å². The van der Waals surface area contributed by atoms with Gasteiger partial charge in [0.1, 0.15) is 11.6 Å². The molecule has 2 N–H and O–H groups in total. The van der Waals surface area contributed by atoms with E-state index in [9.17, 15) is 17.6 Å². The monoisotopic (exact) mass is 442 g/mol.